The maximum absolute atomic E-state index is 13.9. The van der Waals surface area contributed by atoms with Crippen LogP contribution in [0.25, 0.3) is 0 Å². The van der Waals surface area contributed by atoms with Gasteiger partial charge in [0.1, 0.15) is 22.8 Å². The number of rotatable bonds is 3. The third-order valence-electron chi connectivity index (χ3n) is 9.22. The lowest BCUT2D eigenvalue weighted by Crippen LogP contribution is -2.72. The Bertz CT molecular complexity index is 1370. The molecule has 198 valence electrons. The van der Waals surface area contributed by atoms with Gasteiger partial charge in [0.05, 0.1) is 22.8 Å². The van der Waals surface area contributed by atoms with Crippen LogP contribution < -0.4 is 0 Å². The summed E-state index contributed by atoms with van der Waals surface area (Å²) >= 11 is 0. The lowest BCUT2D eigenvalue weighted by Gasteiger charge is -2.63. The fraction of sp³-hybridized carbons (Fsp3) is 0.500. The van der Waals surface area contributed by atoms with E-state index in [1.54, 1.807) is 20.8 Å². The minimum Gasteiger partial charge on any atom is -0.508 e. The average molecular weight is 513 g/mol. The van der Waals surface area contributed by atoms with Crippen molar-refractivity contribution in [1.82, 2.24) is 0 Å². The summed E-state index contributed by atoms with van der Waals surface area (Å²) in [7, 11) is 0. The smallest absolute Gasteiger partial charge is 0.197 e. The summed E-state index contributed by atoms with van der Waals surface area (Å²) in [4.78, 5) is 51.9. The van der Waals surface area contributed by atoms with Gasteiger partial charge in [0.15, 0.2) is 28.7 Å². The first-order chi connectivity index (χ1) is 16.9. The summed E-state index contributed by atoms with van der Waals surface area (Å²) in [5, 5.41) is 57.9. The van der Waals surface area contributed by atoms with Crippen molar-refractivity contribution in [1.29, 1.82) is 0 Å². The number of allylic oxidation sites excluding steroid dienone is 1. The second-order valence-corrected chi connectivity index (χ2v) is 11.3. The number of Topliss-reactive ketones (excluding diaryl/α,β-unsaturated/α-hetero) is 4. The van der Waals surface area contributed by atoms with E-state index in [1.165, 1.54) is 32.9 Å². The molecule has 9 nitrogen and oxygen atoms in total. The van der Waals surface area contributed by atoms with E-state index in [2.05, 4.69) is 0 Å². The van der Waals surface area contributed by atoms with E-state index >= 15 is 0 Å². The van der Waals surface area contributed by atoms with Crippen LogP contribution in [0, 0.1) is 22.7 Å². The minimum absolute atomic E-state index is 0.118. The first-order valence-corrected chi connectivity index (χ1v) is 12.2. The highest BCUT2D eigenvalue weighted by Gasteiger charge is 2.75. The highest BCUT2D eigenvalue weighted by molar-refractivity contribution is 6.22. The topological polar surface area (TPSA) is 169 Å². The van der Waals surface area contributed by atoms with Crippen molar-refractivity contribution < 1.29 is 44.7 Å². The van der Waals surface area contributed by atoms with E-state index in [0.717, 1.165) is 6.92 Å². The molecule has 0 aliphatic heterocycles. The summed E-state index contributed by atoms with van der Waals surface area (Å²) in [6, 6.07) is 2.88. The highest BCUT2D eigenvalue weighted by atomic mass is 16.4. The summed E-state index contributed by atoms with van der Waals surface area (Å²) in [5.74, 6) is -8.34. The third-order valence-corrected chi connectivity index (χ3v) is 9.22. The first kappa shape index (κ1) is 26.8. The number of aromatic hydroxyl groups is 1. The fourth-order valence-corrected chi connectivity index (χ4v) is 7.22. The second kappa shape index (κ2) is 7.85. The van der Waals surface area contributed by atoms with Crippen molar-refractivity contribution in [3.63, 3.8) is 0 Å². The number of aliphatic hydroxyl groups is 4. The normalized spacial score (nSPS) is 35.4. The second-order valence-electron chi connectivity index (χ2n) is 11.3. The molecule has 4 rings (SSSR count). The Hall–Kier alpha value is -3.30. The molecule has 37 heavy (non-hydrogen) atoms. The van der Waals surface area contributed by atoms with E-state index in [-0.39, 0.29) is 11.1 Å². The zero-order valence-electron chi connectivity index (χ0n) is 21.8. The Labute approximate surface area is 214 Å². The number of hydrogen-bond donors (Lipinski definition) is 5. The molecule has 0 aromatic heterocycles. The Morgan fingerprint density at radius 2 is 1.54 bits per heavy atom. The van der Waals surface area contributed by atoms with E-state index < -0.39 is 91.8 Å². The standard InChI is InChI=1S/C28H32O9/c1-10(2)18-21(32)16(13(5)30)23(34)28(37)24(35)19-22(33)17-14(8-9-15(12(4)29)20(17)31)11(3)26(19,6)25(36)27(18,28)7/h8-11,18,25,31,34-37H,1-7H3/t11-,18?,25-,26+,27+,28+/m1/s1. The molecule has 9 heteroatoms. The van der Waals surface area contributed by atoms with Crippen molar-refractivity contribution in [3.8, 4) is 5.75 Å². The largest absolute Gasteiger partial charge is 0.508 e. The number of phenols is 1. The summed E-state index contributed by atoms with van der Waals surface area (Å²) in [6.07, 6.45) is -1.69. The quantitative estimate of drug-likeness (QED) is 0.302. The lowest BCUT2D eigenvalue weighted by atomic mass is 9.41. The van der Waals surface area contributed by atoms with Gasteiger partial charge in [-0.25, -0.2) is 0 Å². The van der Waals surface area contributed by atoms with Crippen LogP contribution in [0.2, 0.25) is 0 Å². The number of hydrogen-bond acceptors (Lipinski definition) is 9. The SMILES string of the molecule is CC(=O)C1=C(O)[C@]2(O)C(O)=C3C(=O)c4c(ccc(C(C)=O)c4O)[C@@H](C)[C@]3(C)[C@@H](O)[C@]2(C)C(C(C)C)C1=O. The molecule has 0 saturated heterocycles. The van der Waals surface area contributed by atoms with Crippen LogP contribution in [0.5, 0.6) is 5.75 Å². The molecule has 5 N–H and O–H groups in total. The van der Waals surface area contributed by atoms with Gasteiger partial charge in [0, 0.05) is 16.7 Å². The van der Waals surface area contributed by atoms with E-state index in [4.69, 9.17) is 0 Å². The molecule has 1 aromatic carbocycles. The molecule has 1 aromatic rings. The van der Waals surface area contributed by atoms with Gasteiger partial charge in [-0.05, 0) is 37.3 Å². The van der Waals surface area contributed by atoms with E-state index in [9.17, 15) is 44.7 Å². The van der Waals surface area contributed by atoms with Crippen LogP contribution in [0.3, 0.4) is 0 Å². The molecular formula is C28H32O9. The Morgan fingerprint density at radius 1 is 0.973 bits per heavy atom. The Kier molecular flexibility index (Phi) is 5.68. The molecule has 3 aliphatic carbocycles. The molecular weight excluding hydrogens is 480 g/mol. The van der Waals surface area contributed by atoms with E-state index in [0.29, 0.717) is 5.56 Å². The van der Waals surface area contributed by atoms with Crippen LogP contribution in [-0.2, 0) is 9.59 Å². The van der Waals surface area contributed by atoms with Gasteiger partial charge in [-0.3, -0.25) is 19.2 Å². The van der Waals surface area contributed by atoms with Crippen LogP contribution in [0.4, 0.5) is 0 Å². The van der Waals surface area contributed by atoms with Gasteiger partial charge in [-0.2, -0.15) is 0 Å². The zero-order valence-corrected chi connectivity index (χ0v) is 21.8. The predicted molar refractivity (Wildman–Crippen MR) is 131 cm³/mol. The maximum atomic E-state index is 13.9. The van der Waals surface area contributed by atoms with Crippen LogP contribution in [-0.4, -0.2) is 60.4 Å². The molecule has 0 bridgehead atoms. The van der Waals surface area contributed by atoms with Gasteiger partial charge < -0.3 is 25.5 Å². The van der Waals surface area contributed by atoms with Crippen LogP contribution >= 0.6 is 0 Å². The van der Waals surface area contributed by atoms with Crippen molar-refractivity contribution in [2.45, 2.75) is 66.1 Å². The molecule has 0 fully saturated rings. The van der Waals surface area contributed by atoms with Crippen LogP contribution in [0.1, 0.15) is 80.7 Å². The third kappa shape index (κ3) is 2.81. The number of ketones is 4. The summed E-state index contributed by atoms with van der Waals surface area (Å²) in [5.41, 5.74) is -7.67. The van der Waals surface area contributed by atoms with Gasteiger partial charge in [-0.1, -0.05) is 40.7 Å². The number of fused-ring (bicyclic) bond motifs is 3. The predicted octanol–water partition coefficient (Wildman–Crippen LogP) is 3.08. The first-order valence-electron chi connectivity index (χ1n) is 12.2. The lowest BCUT2D eigenvalue weighted by molar-refractivity contribution is -0.211. The summed E-state index contributed by atoms with van der Waals surface area (Å²) < 4.78 is 0. The maximum Gasteiger partial charge on any atom is 0.197 e. The van der Waals surface area contributed by atoms with Gasteiger partial charge >= 0.3 is 0 Å². The van der Waals surface area contributed by atoms with Gasteiger partial charge in [0.25, 0.3) is 0 Å². The molecule has 0 spiro atoms. The molecule has 0 heterocycles. The molecule has 3 aliphatic rings. The number of carbonyl (C=O) groups excluding carboxylic acids is 4. The van der Waals surface area contributed by atoms with Crippen molar-refractivity contribution in [3.05, 3.63) is 51.5 Å². The van der Waals surface area contributed by atoms with E-state index in [1.807, 2.05) is 0 Å². The fourth-order valence-electron chi connectivity index (χ4n) is 7.22. The average Bonchev–Trinajstić information content (AvgIpc) is 2.78. The number of carbonyl (C=O) groups is 4. The number of phenolic OH excluding ortho intramolecular Hbond substituents is 1. The van der Waals surface area contributed by atoms with Gasteiger partial charge in [-0.15, -0.1) is 0 Å². The zero-order chi connectivity index (χ0) is 28.2. The van der Waals surface area contributed by atoms with Crippen LogP contribution in [0.15, 0.2) is 34.8 Å². The van der Waals surface area contributed by atoms with Crippen molar-refractivity contribution in [2.75, 3.05) is 0 Å². The van der Waals surface area contributed by atoms with Crippen molar-refractivity contribution >= 4 is 23.1 Å². The molecule has 0 saturated carbocycles. The van der Waals surface area contributed by atoms with Gasteiger partial charge in [0.2, 0.25) is 0 Å². The number of benzene rings is 1. The molecule has 1 unspecified atom stereocenters. The summed E-state index contributed by atoms with van der Waals surface area (Å²) in [6.45, 7) is 10.1. The number of aliphatic hydroxyl groups excluding tert-OH is 3. The monoisotopic (exact) mass is 512 g/mol. The minimum atomic E-state index is -2.87. The molecule has 0 amide bonds. The van der Waals surface area contributed by atoms with Crippen molar-refractivity contribution in [2.24, 2.45) is 22.7 Å². The highest BCUT2D eigenvalue weighted by Crippen LogP contribution is 2.67. The molecule has 6 atom stereocenters. The molecule has 0 radical (unpaired) electrons. The Morgan fingerprint density at radius 3 is 2.03 bits per heavy atom. The Balaban J connectivity index is 2.20.